The van der Waals surface area contributed by atoms with E-state index in [2.05, 4.69) is 69.4 Å². The van der Waals surface area contributed by atoms with Gasteiger partial charge in [-0.25, -0.2) is 0 Å². The van der Waals surface area contributed by atoms with Gasteiger partial charge in [0.25, 0.3) is 0 Å². The lowest BCUT2D eigenvalue weighted by Crippen LogP contribution is -2.21. The van der Waals surface area contributed by atoms with Gasteiger partial charge < -0.3 is 10.2 Å². The molecule has 1 aromatic heterocycles. The quantitative estimate of drug-likeness (QED) is 0.875. The fourth-order valence-electron chi connectivity index (χ4n) is 2.15. The molecule has 0 saturated carbocycles. The third-order valence-corrected chi connectivity index (χ3v) is 3.64. The maximum Gasteiger partial charge on any atom is 0.0598 e. The zero-order valence-corrected chi connectivity index (χ0v) is 13.5. The number of anilines is 1. The van der Waals surface area contributed by atoms with E-state index >= 15 is 0 Å². The van der Waals surface area contributed by atoms with E-state index in [9.17, 15) is 0 Å². The van der Waals surface area contributed by atoms with E-state index < -0.39 is 0 Å². The highest BCUT2D eigenvalue weighted by molar-refractivity contribution is 9.10. The monoisotopic (exact) mass is 333 g/mol. The molecule has 0 saturated heterocycles. The second kappa shape index (κ2) is 7.41. The van der Waals surface area contributed by atoms with E-state index in [4.69, 9.17) is 0 Å². The van der Waals surface area contributed by atoms with Crippen LogP contribution in [0.3, 0.4) is 0 Å². The summed E-state index contributed by atoms with van der Waals surface area (Å²) in [5.41, 5.74) is 3.60. The van der Waals surface area contributed by atoms with Gasteiger partial charge in [0.1, 0.15) is 0 Å². The van der Waals surface area contributed by atoms with Crippen LogP contribution in [0.2, 0.25) is 0 Å². The second-order valence-corrected chi connectivity index (χ2v) is 5.65. The van der Waals surface area contributed by atoms with Crippen molar-refractivity contribution in [3.8, 4) is 0 Å². The second-order valence-electron chi connectivity index (χ2n) is 4.73. The first-order chi connectivity index (χ1) is 9.70. The van der Waals surface area contributed by atoms with Gasteiger partial charge in [-0.05, 0) is 42.4 Å². The normalized spacial score (nSPS) is 10.6. The fourth-order valence-corrected chi connectivity index (χ4v) is 2.56. The molecule has 1 aromatic carbocycles. The van der Waals surface area contributed by atoms with Crippen molar-refractivity contribution in [2.75, 3.05) is 18.5 Å². The van der Waals surface area contributed by atoms with E-state index in [1.807, 2.05) is 18.3 Å². The molecule has 0 atom stereocenters. The minimum absolute atomic E-state index is 0.807. The molecule has 0 fully saturated rings. The predicted octanol–water partition coefficient (Wildman–Crippen LogP) is 3.59. The number of nitrogens with one attached hydrogen (secondary N) is 1. The largest absolute Gasteiger partial charge is 0.368 e. The van der Waals surface area contributed by atoms with Gasteiger partial charge in [-0.15, -0.1) is 0 Å². The molecule has 1 heterocycles. The summed E-state index contributed by atoms with van der Waals surface area (Å²) in [6.45, 7) is 4.77. The zero-order valence-electron chi connectivity index (χ0n) is 11.9. The molecule has 0 aliphatic heterocycles. The zero-order chi connectivity index (χ0) is 14.4. The highest BCUT2D eigenvalue weighted by atomic mass is 79.9. The molecule has 2 rings (SSSR count). The Balaban J connectivity index is 2.18. The molecule has 0 amide bonds. The summed E-state index contributed by atoms with van der Waals surface area (Å²) in [5.74, 6) is 0. The van der Waals surface area contributed by atoms with E-state index in [0.717, 1.165) is 29.8 Å². The smallest absolute Gasteiger partial charge is 0.0598 e. The molecule has 20 heavy (non-hydrogen) atoms. The standard InChI is InChI=1S/C16H20BrN3/c1-3-18-11-13-10-14(17)7-8-16(13)20(2)12-15-6-4-5-9-19-15/h4-10,18H,3,11-12H2,1-2H3. The molecule has 0 bridgehead atoms. The molecule has 4 heteroatoms. The molecule has 2 aromatic rings. The van der Waals surface area contributed by atoms with Crippen LogP contribution in [0.1, 0.15) is 18.2 Å². The van der Waals surface area contributed by atoms with E-state index in [1.165, 1.54) is 11.3 Å². The molecule has 106 valence electrons. The maximum atomic E-state index is 4.39. The number of pyridine rings is 1. The Morgan fingerprint density at radius 2 is 2.10 bits per heavy atom. The Bertz CT molecular complexity index is 543. The number of hydrogen-bond acceptors (Lipinski definition) is 3. The number of aromatic nitrogens is 1. The van der Waals surface area contributed by atoms with Crippen LogP contribution in [0, 0.1) is 0 Å². The minimum atomic E-state index is 0.807. The minimum Gasteiger partial charge on any atom is -0.368 e. The summed E-state index contributed by atoms with van der Waals surface area (Å²) < 4.78 is 1.11. The molecule has 0 spiro atoms. The van der Waals surface area contributed by atoms with Crippen molar-refractivity contribution in [3.05, 3.63) is 58.3 Å². The summed E-state index contributed by atoms with van der Waals surface area (Å²) in [6, 6.07) is 12.4. The van der Waals surface area contributed by atoms with Gasteiger partial charge in [0.05, 0.1) is 12.2 Å². The van der Waals surface area contributed by atoms with Crippen molar-refractivity contribution < 1.29 is 0 Å². The van der Waals surface area contributed by atoms with Gasteiger partial charge in [0.2, 0.25) is 0 Å². The van der Waals surface area contributed by atoms with Crippen LogP contribution in [-0.4, -0.2) is 18.6 Å². The average Bonchev–Trinajstić information content (AvgIpc) is 2.46. The summed E-state index contributed by atoms with van der Waals surface area (Å²) in [4.78, 5) is 6.62. The van der Waals surface area contributed by atoms with Crippen LogP contribution in [0.5, 0.6) is 0 Å². The molecule has 0 unspecified atom stereocenters. The van der Waals surface area contributed by atoms with Crippen molar-refractivity contribution in [3.63, 3.8) is 0 Å². The fraction of sp³-hybridized carbons (Fsp3) is 0.312. The topological polar surface area (TPSA) is 28.2 Å². The van der Waals surface area contributed by atoms with Crippen LogP contribution in [0.15, 0.2) is 47.1 Å². The highest BCUT2D eigenvalue weighted by Gasteiger charge is 2.09. The lowest BCUT2D eigenvalue weighted by Gasteiger charge is -2.22. The predicted molar refractivity (Wildman–Crippen MR) is 87.9 cm³/mol. The Morgan fingerprint density at radius 1 is 1.25 bits per heavy atom. The molecule has 1 N–H and O–H groups in total. The number of rotatable bonds is 6. The Labute approximate surface area is 129 Å². The lowest BCUT2D eigenvalue weighted by molar-refractivity contribution is 0.722. The number of hydrogen-bond donors (Lipinski definition) is 1. The first-order valence-corrected chi connectivity index (χ1v) is 7.60. The Morgan fingerprint density at radius 3 is 2.80 bits per heavy atom. The molecule has 0 aliphatic rings. The lowest BCUT2D eigenvalue weighted by atomic mass is 10.1. The van der Waals surface area contributed by atoms with Crippen molar-refractivity contribution in [2.24, 2.45) is 0 Å². The number of nitrogens with zero attached hydrogens (tertiary/aromatic N) is 2. The van der Waals surface area contributed by atoms with Crippen molar-refractivity contribution >= 4 is 21.6 Å². The third kappa shape index (κ3) is 4.05. The number of benzene rings is 1. The first kappa shape index (κ1) is 15.0. The summed E-state index contributed by atoms with van der Waals surface area (Å²) in [6.07, 6.45) is 1.84. The van der Waals surface area contributed by atoms with Crippen LogP contribution in [0.25, 0.3) is 0 Å². The molecular formula is C16H20BrN3. The third-order valence-electron chi connectivity index (χ3n) is 3.14. The van der Waals surface area contributed by atoms with E-state index in [0.29, 0.717) is 0 Å². The van der Waals surface area contributed by atoms with Gasteiger partial charge >= 0.3 is 0 Å². The van der Waals surface area contributed by atoms with E-state index in [-0.39, 0.29) is 0 Å². The van der Waals surface area contributed by atoms with Crippen LogP contribution >= 0.6 is 15.9 Å². The van der Waals surface area contributed by atoms with Gasteiger partial charge in [0.15, 0.2) is 0 Å². The van der Waals surface area contributed by atoms with Crippen LogP contribution < -0.4 is 10.2 Å². The number of halogens is 1. The van der Waals surface area contributed by atoms with Crippen LogP contribution in [0.4, 0.5) is 5.69 Å². The van der Waals surface area contributed by atoms with Crippen molar-refractivity contribution in [2.45, 2.75) is 20.0 Å². The summed E-state index contributed by atoms with van der Waals surface area (Å²) >= 11 is 3.55. The Hall–Kier alpha value is -1.39. The van der Waals surface area contributed by atoms with Gasteiger partial charge in [-0.2, -0.15) is 0 Å². The van der Waals surface area contributed by atoms with E-state index in [1.54, 1.807) is 0 Å². The molecule has 0 aliphatic carbocycles. The Kier molecular flexibility index (Phi) is 5.56. The SMILES string of the molecule is CCNCc1cc(Br)ccc1N(C)Cc1ccccn1. The molecule has 3 nitrogen and oxygen atoms in total. The van der Waals surface area contributed by atoms with Gasteiger partial charge in [-0.1, -0.05) is 28.9 Å². The highest BCUT2D eigenvalue weighted by Crippen LogP contribution is 2.24. The average molecular weight is 334 g/mol. The maximum absolute atomic E-state index is 4.39. The first-order valence-electron chi connectivity index (χ1n) is 6.81. The molecular weight excluding hydrogens is 314 g/mol. The molecule has 0 radical (unpaired) electrons. The van der Waals surface area contributed by atoms with Crippen molar-refractivity contribution in [1.82, 2.24) is 10.3 Å². The van der Waals surface area contributed by atoms with Crippen LogP contribution in [-0.2, 0) is 13.1 Å². The van der Waals surface area contributed by atoms with Gasteiger partial charge in [0, 0.05) is 29.9 Å². The van der Waals surface area contributed by atoms with Gasteiger partial charge in [-0.3, -0.25) is 4.98 Å². The summed E-state index contributed by atoms with van der Waals surface area (Å²) in [5, 5.41) is 3.39. The van der Waals surface area contributed by atoms with Crippen molar-refractivity contribution in [1.29, 1.82) is 0 Å². The summed E-state index contributed by atoms with van der Waals surface area (Å²) in [7, 11) is 2.10.